The van der Waals surface area contributed by atoms with Crippen molar-refractivity contribution in [1.29, 1.82) is 0 Å². The van der Waals surface area contributed by atoms with Crippen molar-refractivity contribution in [3.05, 3.63) is 90.5 Å². The number of hydrogen-bond acceptors (Lipinski definition) is 6. The molecule has 0 saturated carbocycles. The fourth-order valence-corrected chi connectivity index (χ4v) is 4.41. The summed E-state index contributed by atoms with van der Waals surface area (Å²) in [6.07, 6.45) is 7.37. The van der Waals surface area contributed by atoms with Crippen molar-refractivity contribution in [2.75, 3.05) is 20.8 Å². The molecule has 0 fully saturated rings. The molecule has 0 saturated heterocycles. The average Bonchev–Trinajstić information content (AvgIpc) is 2.93. The summed E-state index contributed by atoms with van der Waals surface area (Å²) in [4.78, 5) is 21.0. The van der Waals surface area contributed by atoms with Gasteiger partial charge in [-0.2, -0.15) is 0 Å². The Labute approximate surface area is 203 Å². The number of benzene rings is 2. The van der Waals surface area contributed by atoms with Gasteiger partial charge in [0.1, 0.15) is 23.9 Å². The van der Waals surface area contributed by atoms with E-state index < -0.39 is 0 Å². The van der Waals surface area contributed by atoms with Gasteiger partial charge in [0, 0.05) is 48.4 Å². The number of methoxy groups -OCH3 is 2. The van der Waals surface area contributed by atoms with E-state index in [4.69, 9.17) is 14.2 Å². The van der Waals surface area contributed by atoms with Crippen molar-refractivity contribution in [2.24, 2.45) is 0 Å². The van der Waals surface area contributed by atoms with E-state index in [0.717, 1.165) is 39.3 Å². The smallest absolute Gasteiger partial charge is 0.253 e. The lowest BCUT2D eigenvalue weighted by atomic mass is 9.86. The SMILES string of the molecule is COc1ccc(-c2ccc3c(c2-c2ccncc2)C[C@H](NC(=O)c2cccnc2)CO3)c(OC)c1. The molecule has 1 amide bonds. The predicted octanol–water partition coefficient (Wildman–Crippen LogP) is 4.56. The molecule has 4 aromatic rings. The highest BCUT2D eigenvalue weighted by Gasteiger charge is 2.27. The minimum atomic E-state index is -0.191. The molecule has 2 aromatic heterocycles. The number of hydrogen-bond donors (Lipinski definition) is 1. The second kappa shape index (κ2) is 9.85. The van der Waals surface area contributed by atoms with Crippen molar-refractivity contribution in [2.45, 2.75) is 12.5 Å². The monoisotopic (exact) mass is 467 g/mol. The molecule has 35 heavy (non-hydrogen) atoms. The number of nitrogens with one attached hydrogen (secondary N) is 1. The van der Waals surface area contributed by atoms with E-state index in [1.165, 1.54) is 0 Å². The van der Waals surface area contributed by atoms with Crippen LogP contribution in [0.3, 0.4) is 0 Å². The van der Waals surface area contributed by atoms with Gasteiger partial charge in [0.15, 0.2) is 0 Å². The Hall–Kier alpha value is -4.39. The summed E-state index contributed by atoms with van der Waals surface area (Å²) in [5.41, 5.74) is 5.50. The van der Waals surface area contributed by atoms with Crippen LogP contribution in [-0.2, 0) is 6.42 Å². The van der Waals surface area contributed by atoms with Crippen LogP contribution in [0.4, 0.5) is 0 Å². The second-order valence-corrected chi connectivity index (χ2v) is 8.19. The summed E-state index contributed by atoms with van der Waals surface area (Å²) >= 11 is 0. The van der Waals surface area contributed by atoms with Crippen LogP contribution in [0.15, 0.2) is 79.4 Å². The number of nitrogens with zero attached hydrogens (tertiary/aromatic N) is 2. The minimum Gasteiger partial charge on any atom is -0.497 e. The molecule has 0 bridgehead atoms. The number of pyridine rings is 2. The van der Waals surface area contributed by atoms with Gasteiger partial charge in [-0.15, -0.1) is 0 Å². The molecule has 2 aromatic carbocycles. The van der Waals surface area contributed by atoms with Crippen LogP contribution in [0.5, 0.6) is 17.2 Å². The van der Waals surface area contributed by atoms with Crippen molar-refractivity contribution >= 4 is 5.91 Å². The maximum absolute atomic E-state index is 12.8. The predicted molar refractivity (Wildman–Crippen MR) is 133 cm³/mol. The van der Waals surface area contributed by atoms with Crippen molar-refractivity contribution in [3.8, 4) is 39.5 Å². The van der Waals surface area contributed by atoms with E-state index in [0.29, 0.717) is 24.3 Å². The van der Waals surface area contributed by atoms with Gasteiger partial charge in [-0.05, 0) is 65.2 Å². The van der Waals surface area contributed by atoms with Gasteiger partial charge in [0.2, 0.25) is 0 Å². The Balaban J connectivity index is 1.58. The Morgan fingerprint density at radius 1 is 0.971 bits per heavy atom. The molecule has 1 N–H and O–H groups in total. The van der Waals surface area contributed by atoms with E-state index in [-0.39, 0.29) is 11.9 Å². The number of amides is 1. The number of aromatic nitrogens is 2. The molecule has 1 aliphatic heterocycles. The van der Waals surface area contributed by atoms with Crippen LogP contribution >= 0.6 is 0 Å². The first kappa shape index (κ1) is 22.4. The Morgan fingerprint density at radius 3 is 2.54 bits per heavy atom. The van der Waals surface area contributed by atoms with Crippen LogP contribution in [0.25, 0.3) is 22.3 Å². The van der Waals surface area contributed by atoms with Gasteiger partial charge in [-0.25, -0.2) is 0 Å². The third-order valence-electron chi connectivity index (χ3n) is 6.09. The molecular weight excluding hydrogens is 442 g/mol. The number of carbonyl (C=O) groups excluding carboxylic acids is 1. The van der Waals surface area contributed by atoms with Crippen LogP contribution < -0.4 is 19.5 Å². The molecule has 0 unspecified atom stereocenters. The van der Waals surface area contributed by atoms with E-state index in [2.05, 4.69) is 15.3 Å². The maximum Gasteiger partial charge on any atom is 0.253 e. The van der Waals surface area contributed by atoms with Gasteiger partial charge >= 0.3 is 0 Å². The lowest BCUT2D eigenvalue weighted by molar-refractivity contribution is 0.0915. The number of carbonyl (C=O) groups is 1. The molecule has 0 aliphatic carbocycles. The molecule has 1 aliphatic rings. The zero-order chi connectivity index (χ0) is 24.2. The van der Waals surface area contributed by atoms with Crippen molar-refractivity contribution in [3.63, 3.8) is 0 Å². The summed E-state index contributed by atoms with van der Waals surface area (Å²) < 4.78 is 17.2. The fourth-order valence-electron chi connectivity index (χ4n) is 4.41. The summed E-state index contributed by atoms with van der Waals surface area (Å²) in [6.45, 7) is 0.389. The summed E-state index contributed by atoms with van der Waals surface area (Å²) in [5, 5.41) is 3.09. The van der Waals surface area contributed by atoms with Gasteiger partial charge in [0.25, 0.3) is 5.91 Å². The highest BCUT2D eigenvalue weighted by atomic mass is 16.5. The Bertz CT molecular complexity index is 1340. The molecular formula is C28H25N3O4. The summed E-state index contributed by atoms with van der Waals surface area (Å²) in [7, 11) is 3.28. The number of ether oxygens (including phenoxy) is 3. The van der Waals surface area contributed by atoms with Gasteiger partial charge < -0.3 is 19.5 Å². The molecule has 0 spiro atoms. The lowest BCUT2D eigenvalue weighted by Crippen LogP contribution is -2.43. The minimum absolute atomic E-state index is 0.173. The number of rotatable bonds is 6. The van der Waals surface area contributed by atoms with E-state index >= 15 is 0 Å². The first-order valence-corrected chi connectivity index (χ1v) is 11.3. The van der Waals surface area contributed by atoms with E-state index in [1.54, 1.807) is 51.1 Å². The third-order valence-corrected chi connectivity index (χ3v) is 6.09. The molecule has 176 valence electrons. The highest BCUT2D eigenvalue weighted by Crippen LogP contribution is 2.44. The quantitative estimate of drug-likeness (QED) is 0.448. The van der Waals surface area contributed by atoms with Gasteiger partial charge in [-0.1, -0.05) is 0 Å². The highest BCUT2D eigenvalue weighted by molar-refractivity contribution is 5.94. The van der Waals surface area contributed by atoms with E-state index in [9.17, 15) is 4.79 Å². The Morgan fingerprint density at radius 2 is 1.80 bits per heavy atom. The van der Waals surface area contributed by atoms with E-state index in [1.807, 2.05) is 42.5 Å². The fraction of sp³-hybridized carbons (Fsp3) is 0.179. The summed E-state index contributed by atoms with van der Waals surface area (Å²) in [6, 6.07) is 17.1. The third kappa shape index (κ3) is 4.53. The van der Waals surface area contributed by atoms with Crippen LogP contribution in [0.2, 0.25) is 0 Å². The first-order valence-electron chi connectivity index (χ1n) is 11.3. The standard InChI is InChI=1S/C28H25N3O4/c1-33-21-5-6-22(26(15-21)34-2)23-7-8-25-24(27(23)18-9-12-29-13-10-18)14-20(17-35-25)31-28(32)19-4-3-11-30-16-19/h3-13,15-16,20H,14,17H2,1-2H3,(H,31,32)/t20-/m0/s1. The average molecular weight is 468 g/mol. The molecule has 7 heteroatoms. The zero-order valence-electron chi connectivity index (χ0n) is 19.5. The Kier molecular flexibility index (Phi) is 6.30. The van der Waals surface area contributed by atoms with Crippen molar-refractivity contribution in [1.82, 2.24) is 15.3 Å². The normalized spacial score (nSPS) is 14.4. The second-order valence-electron chi connectivity index (χ2n) is 8.19. The number of fused-ring (bicyclic) bond motifs is 1. The van der Waals surface area contributed by atoms with Gasteiger partial charge in [0.05, 0.1) is 25.8 Å². The summed E-state index contributed by atoms with van der Waals surface area (Å²) in [5.74, 6) is 2.06. The topological polar surface area (TPSA) is 82.6 Å². The first-order chi connectivity index (χ1) is 17.2. The molecule has 5 rings (SSSR count). The van der Waals surface area contributed by atoms with Gasteiger partial charge in [-0.3, -0.25) is 14.8 Å². The van der Waals surface area contributed by atoms with Crippen LogP contribution in [0, 0.1) is 0 Å². The van der Waals surface area contributed by atoms with Crippen LogP contribution in [0.1, 0.15) is 15.9 Å². The zero-order valence-corrected chi connectivity index (χ0v) is 19.5. The molecule has 0 radical (unpaired) electrons. The molecule has 7 nitrogen and oxygen atoms in total. The van der Waals surface area contributed by atoms with Crippen LogP contribution in [-0.4, -0.2) is 42.7 Å². The largest absolute Gasteiger partial charge is 0.497 e. The lowest BCUT2D eigenvalue weighted by Gasteiger charge is -2.29. The van der Waals surface area contributed by atoms with Crippen molar-refractivity contribution < 1.29 is 19.0 Å². The molecule has 1 atom stereocenters. The maximum atomic E-state index is 12.8. The molecule has 3 heterocycles.